The summed E-state index contributed by atoms with van der Waals surface area (Å²) in [5.74, 6) is 0. The molecule has 0 amide bonds. The number of hydroxylamine groups is 1. The highest BCUT2D eigenvalue weighted by Gasteiger charge is 2.36. The Morgan fingerprint density at radius 1 is 1.56 bits per heavy atom. The second-order valence-corrected chi connectivity index (χ2v) is 1.50. The standard InChI is InChI=1S/C4H3F3NO/c5-4(6,7)3-1-8-9-2-3/h8H,1H2. The molecule has 2 nitrogen and oxygen atoms in total. The molecule has 0 aliphatic carbocycles. The monoisotopic (exact) mass is 138 g/mol. The van der Waals surface area contributed by atoms with Crippen molar-refractivity contribution in [1.82, 2.24) is 5.48 Å². The van der Waals surface area contributed by atoms with Crippen LogP contribution in [0.25, 0.3) is 0 Å². The van der Waals surface area contributed by atoms with E-state index in [9.17, 15) is 13.2 Å². The summed E-state index contributed by atoms with van der Waals surface area (Å²) in [6.07, 6.45) is -2.63. The fourth-order valence-electron chi connectivity index (χ4n) is 0.400. The minimum Gasteiger partial charge on any atom is -0.404 e. The van der Waals surface area contributed by atoms with Crippen LogP contribution in [-0.4, -0.2) is 12.7 Å². The molecule has 1 N–H and O–H groups in total. The molecule has 1 aliphatic heterocycles. The lowest BCUT2D eigenvalue weighted by Gasteiger charge is -2.01. The van der Waals surface area contributed by atoms with Crippen LogP contribution in [0.4, 0.5) is 13.2 Å². The summed E-state index contributed by atoms with van der Waals surface area (Å²) in [6, 6.07) is 0. The fourth-order valence-corrected chi connectivity index (χ4v) is 0.400. The molecule has 0 saturated carbocycles. The van der Waals surface area contributed by atoms with Gasteiger partial charge in [-0.15, -0.1) is 0 Å². The second kappa shape index (κ2) is 1.91. The molecule has 0 atom stereocenters. The van der Waals surface area contributed by atoms with Crippen LogP contribution in [0.3, 0.4) is 0 Å². The molecule has 1 rings (SSSR count). The van der Waals surface area contributed by atoms with E-state index < -0.39 is 11.7 Å². The number of hydrogen-bond acceptors (Lipinski definition) is 2. The molecular weight excluding hydrogens is 135 g/mol. The molecule has 0 fully saturated rings. The van der Waals surface area contributed by atoms with Gasteiger partial charge >= 0.3 is 6.18 Å². The molecule has 5 heteroatoms. The van der Waals surface area contributed by atoms with Gasteiger partial charge in [-0.25, -0.2) is 0 Å². The molecule has 0 aromatic heterocycles. The Bertz CT molecular complexity index is 139. The average Bonchev–Trinajstić information content (AvgIpc) is 2.08. The van der Waals surface area contributed by atoms with Crippen molar-refractivity contribution in [3.05, 3.63) is 11.8 Å². The predicted molar refractivity (Wildman–Crippen MR) is 21.9 cm³/mol. The Balaban J connectivity index is 2.61. The normalized spacial score (nSPS) is 19.2. The largest absolute Gasteiger partial charge is 0.417 e. The van der Waals surface area contributed by atoms with Crippen LogP contribution in [0.2, 0.25) is 0 Å². The van der Waals surface area contributed by atoms with Crippen LogP contribution in [0.15, 0.2) is 5.57 Å². The number of rotatable bonds is 0. The number of alkyl halides is 3. The lowest BCUT2D eigenvalue weighted by atomic mass is 10.3. The van der Waals surface area contributed by atoms with Gasteiger partial charge in [-0.1, -0.05) is 0 Å². The molecule has 9 heavy (non-hydrogen) atoms. The van der Waals surface area contributed by atoms with Gasteiger partial charge in [0.15, 0.2) is 0 Å². The zero-order chi connectivity index (χ0) is 6.91. The molecule has 0 spiro atoms. The smallest absolute Gasteiger partial charge is 0.404 e. The van der Waals surface area contributed by atoms with E-state index in [-0.39, 0.29) is 6.54 Å². The number of nitrogens with one attached hydrogen (secondary N) is 1. The van der Waals surface area contributed by atoms with Crippen LogP contribution in [0.5, 0.6) is 0 Å². The van der Waals surface area contributed by atoms with Gasteiger partial charge in [0.05, 0.1) is 12.1 Å². The molecule has 0 unspecified atom stereocenters. The van der Waals surface area contributed by atoms with Crippen LogP contribution >= 0.6 is 0 Å². The van der Waals surface area contributed by atoms with Gasteiger partial charge in [-0.2, -0.15) is 18.7 Å². The van der Waals surface area contributed by atoms with Crippen molar-refractivity contribution in [2.24, 2.45) is 0 Å². The highest BCUT2D eigenvalue weighted by Crippen LogP contribution is 2.25. The number of hydrogen-bond donors (Lipinski definition) is 1. The Labute approximate surface area is 49.3 Å². The lowest BCUT2D eigenvalue weighted by Crippen LogP contribution is -2.17. The van der Waals surface area contributed by atoms with Crippen molar-refractivity contribution in [2.45, 2.75) is 6.18 Å². The highest BCUT2D eigenvalue weighted by atomic mass is 19.4. The number of halogens is 3. The molecule has 0 aromatic carbocycles. The van der Waals surface area contributed by atoms with Gasteiger partial charge in [0.25, 0.3) is 0 Å². The molecule has 1 heterocycles. The summed E-state index contributed by atoms with van der Waals surface area (Å²) in [7, 11) is 0. The molecule has 1 aliphatic rings. The van der Waals surface area contributed by atoms with Crippen molar-refractivity contribution < 1.29 is 18.0 Å². The van der Waals surface area contributed by atoms with Gasteiger partial charge in [0.1, 0.15) is 0 Å². The first kappa shape index (κ1) is 6.41. The molecule has 0 aromatic rings. The van der Waals surface area contributed by atoms with Gasteiger partial charge < -0.3 is 4.84 Å². The van der Waals surface area contributed by atoms with Crippen molar-refractivity contribution in [3.63, 3.8) is 0 Å². The summed E-state index contributed by atoms with van der Waals surface area (Å²) in [5.41, 5.74) is 1.21. The molecule has 0 saturated heterocycles. The Kier molecular flexibility index (Phi) is 1.36. The lowest BCUT2D eigenvalue weighted by molar-refractivity contribution is -0.0923. The first-order valence-electron chi connectivity index (χ1n) is 2.18. The molecule has 0 bridgehead atoms. The SMILES string of the molecule is FC(F)(F)C1=[C]ONC1. The Hall–Kier alpha value is -0.710. The van der Waals surface area contributed by atoms with Crippen molar-refractivity contribution >= 4 is 0 Å². The van der Waals surface area contributed by atoms with E-state index in [2.05, 4.69) is 4.84 Å². The topological polar surface area (TPSA) is 21.3 Å². The van der Waals surface area contributed by atoms with E-state index in [0.29, 0.717) is 0 Å². The third-order valence-corrected chi connectivity index (χ3v) is 0.838. The minimum atomic E-state index is -4.30. The summed E-state index contributed by atoms with van der Waals surface area (Å²) in [5, 5.41) is 0. The van der Waals surface area contributed by atoms with Gasteiger partial charge in [0, 0.05) is 0 Å². The summed E-state index contributed by atoms with van der Waals surface area (Å²) >= 11 is 0. The summed E-state index contributed by atoms with van der Waals surface area (Å²) < 4.78 is 34.6. The van der Waals surface area contributed by atoms with Crippen LogP contribution in [-0.2, 0) is 4.84 Å². The average molecular weight is 138 g/mol. The van der Waals surface area contributed by atoms with Crippen LogP contribution in [0, 0.1) is 6.26 Å². The maximum Gasteiger partial charge on any atom is 0.417 e. The third-order valence-electron chi connectivity index (χ3n) is 0.838. The zero-order valence-electron chi connectivity index (χ0n) is 4.25. The summed E-state index contributed by atoms with van der Waals surface area (Å²) in [4.78, 5) is 4.03. The Morgan fingerprint density at radius 2 is 2.22 bits per heavy atom. The van der Waals surface area contributed by atoms with Crippen molar-refractivity contribution in [1.29, 1.82) is 0 Å². The first-order valence-corrected chi connectivity index (χ1v) is 2.18. The predicted octanol–water partition coefficient (Wildman–Crippen LogP) is 0.771. The molecular formula is C4H3F3NO. The van der Waals surface area contributed by atoms with E-state index in [1.165, 1.54) is 0 Å². The maximum absolute atomic E-state index is 11.5. The van der Waals surface area contributed by atoms with Gasteiger partial charge in [-0.05, 0) is 0 Å². The van der Waals surface area contributed by atoms with Crippen LogP contribution in [0.1, 0.15) is 0 Å². The fraction of sp³-hybridized carbons (Fsp3) is 0.500. The van der Waals surface area contributed by atoms with E-state index in [4.69, 9.17) is 0 Å². The maximum atomic E-state index is 11.5. The quantitative estimate of drug-likeness (QED) is 0.533. The van der Waals surface area contributed by atoms with Gasteiger partial charge in [-0.3, -0.25) is 0 Å². The van der Waals surface area contributed by atoms with E-state index in [1.807, 2.05) is 5.48 Å². The van der Waals surface area contributed by atoms with E-state index in [1.54, 1.807) is 6.26 Å². The summed E-state index contributed by atoms with van der Waals surface area (Å²) in [6.45, 7) is -0.316. The van der Waals surface area contributed by atoms with Crippen molar-refractivity contribution in [2.75, 3.05) is 6.54 Å². The van der Waals surface area contributed by atoms with E-state index in [0.717, 1.165) is 0 Å². The van der Waals surface area contributed by atoms with Gasteiger partial charge in [0.2, 0.25) is 6.26 Å². The molecule has 51 valence electrons. The minimum absolute atomic E-state index is 0.316. The van der Waals surface area contributed by atoms with Crippen LogP contribution < -0.4 is 5.48 Å². The third kappa shape index (κ3) is 1.35. The van der Waals surface area contributed by atoms with E-state index >= 15 is 0 Å². The van der Waals surface area contributed by atoms with Crippen molar-refractivity contribution in [3.8, 4) is 0 Å². The second-order valence-electron chi connectivity index (χ2n) is 1.50. The Morgan fingerprint density at radius 3 is 2.44 bits per heavy atom. The highest BCUT2D eigenvalue weighted by molar-refractivity contribution is 5.05. The zero-order valence-corrected chi connectivity index (χ0v) is 4.25. The molecule has 1 radical (unpaired) electrons. The first-order chi connectivity index (χ1) is 4.11.